The Morgan fingerprint density at radius 1 is 1.05 bits per heavy atom. The second-order valence-corrected chi connectivity index (χ2v) is 6.20. The van der Waals surface area contributed by atoms with Crippen molar-refractivity contribution in [3.05, 3.63) is 59.2 Å². The maximum absolute atomic E-state index is 3.44. The molecule has 0 aliphatic carbocycles. The van der Waals surface area contributed by atoms with Gasteiger partial charge in [0, 0.05) is 6.54 Å². The SMILES string of the molecule is CCCc1ccc(-c2ccc(C3CCNC3)cc2)cc1C. The van der Waals surface area contributed by atoms with E-state index in [2.05, 4.69) is 61.6 Å². The predicted molar refractivity (Wildman–Crippen MR) is 90.8 cm³/mol. The minimum Gasteiger partial charge on any atom is -0.316 e. The highest BCUT2D eigenvalue weighted by Gasteiger charge is 2.16. The summed E-state index contributed by atoms with van der Waals surface area (Å²) in [5, 5.41) is 3.44. The lowest BCUT2D eigenvalue weighted by Gasteiger charge is -2.11. The molecule has 0 bridgehead atoms. The van der Waals surface area contributed by atoms with E-state index >= 15 is 0 Å². The van der Waals surface area contributed by atoms with Gasteiger partial charge in [0.1, 0.15) is 0 Å². The molecule has 1 N–H and O–H groups in total. The van der Waals surface area contributed by atoms with Crippen molar-refractivity contribution >= 4 is 0 Å². The molecule has 110 valence electrons. The van der Waals surface area contributed by atoms with Gasteiger partial charge >= 0.3 is 0 Å². The zero-order valence-corrected chi connectivity index (χ0v) is 13.2. The summed E-state index contributed by atoms with van der Waals surface area (Å²) in [4.78, 5) is 0. The van der Waals surface area contributed by atoms with Crippen LogP contribution in [0, 0.1) is 6.92 Å². The maximum atomic E-state index is 3.44. The van der Waals surface area contributed by atoms with Crippen molar-refractivity contribution in [1.82, 2.24) is 5.32 Å². The predicted octanol–water partition coefficient (Wildman–Crippen LogP) is 4.69. The second-order valence-electron chi connectivity index (χ2n) is 6.20. The van der Waals surface area contributed by atoms with Gasteiger partial charge in [-0.2, -0.15) is 0 Å². The quantitative estimate of drug-likeness (QED) is 0.856. The minimum absolute atomic E-state index is 0.702. The minimum atomic E-state index is 0.702. The number of rotatable bonds is 4. The van der Waals surface area contributed by atoms with Crippen LogP contribution < -0.4 is 5.32 Å². The molecule has 3 rings (SSSR count). The van der Waals surface area contributed by atoms with Crippen molar-refractivity contribution in [2.75, 3.05) is 13.1 Å². The van der Waals surface area contributed by atoms with Gasteiger partial charge in [-0.1, -0.05) is 55.8 Å². The summed E-state index contributed by atoms with van der Waals surface area (Å²) in [5.74, 6) is 0.702. The Hall–Kier alpha value is -1.60. The average molecular weight is 279 g/mol. The van der Waals surface area contributed by atoms with E-state index in [1.54, 1.807) is 0 Å². The molecule has 1 heterocycles. The topological polar surface area (TPSA) is 12.0 Å². The molecular weight excluding hydrogens is 254 g/mol. The fraction of sp³-hybridized carbons (Fsp3) is 0.400. The molecule has 0 radical (unpaired) electrons. The zero-order chi connectivity index (χ0) is 14.7. The zero-order valence-electron chi connectivity index (χ0n) is 13.2. The monoisotopic (exact) mass is 279 g/mol. The summed E-state index contributed by atoms with van der Waals surface area (Å²) in [6.45, 7) is 6.76. The standard InChI is InChI=1S/C20H25N/c1-3-4-16-5-10-19(13-15(16)2)17-6-8-18(9-7-17)20-11-12-21-14-20/h5-10,13,20-21H,3-4,11-12,14H2,1-2H3. The summed E-state index contributed by atoms with van der Waals surface area (Å²) in [6.07, 6.45) is 3.66. The van der Waals surface area contributed by atoms with Crippen LogP contribution in [0.3, 0.4) is 0 Å². The molecule has 1 fully saturated rings. The molecule has 2 aromatic carbocycles. The maximum Gasteiger partial charge on any atom is 0.00206 e. The second kappa shape index (κ2) is 6.44. The van der Waals surface area contributed by atoms with Crippen molar-refractivity contribution in [3.63, 3.8) is 0 Å². The van der Waals surface area contributed by atoms with Gasteiger partial charge in [-0.25, -0.2) is 0 Å². The van der Waals surface area contributed by atoms with Crippen LogP contribution in [0.1, 0.15) is 42.4 Å². The van der Waals surface area contributed by atoms with E-state index in [0.29, 0.717) is 5.92 Å². The van der Waals surface area contributed by atoms with E-state index < -0.39 is 0 Å². The Kier molecular flexibility index (Phi) is 4.40. The fourth-order valence-corrected chi connectivity index (χ4v) is 3.31. The average Bonchev–Trinajstić information content (AvgIpc) is 3.04. The van der Waals surface area contributed by atoms with Crippen molar-refractivity contribution in [2.24, 2.45) is 0 Å². The van der Waals surface area contributed by atoms with Crippen molar-refractivity contribution < 1.29 is 0 Å². The molecule has 1 saturated heterocycles. The lowest BCUT2D eigenvalue weighted by Crippen LogP contribution is -2.07. The molecule has 1 aliphatic heterocycles. The van der Waals surface area contributed by atoms with Crippen molar-refractivity contribution in [1.29, 1.82) is 0 Å². The van der Waals surface area contributed by atoms with E-state index in [1.165, 1.54) is 47.1 Å². The first-order chi connectivity index (χ1) is 10.3. The lowest BCUT2D eigenvalue weighted by molar-refractivity contribution is 0.763. The summed E-state index contributed by atoms with van der Waals surface area (Å²) >= 11 is 0. The summed E-state index contributed by atoms with van der Waals surface area (Å²) in [5.41, 5.74) is 7.04. The van der Waals surface area contributed by atoms with Gasteiger partial charge in [0.25, 0.3) is 0 Å². The summed E-state index contributed by atoms with van der Waals surface area (Å²) in [7, 11) is 0. The van der Waals surface area contributed by atoms with E-state index in [1.807, 2.05) is 0 Å². The molecule has 1 nitrogen and oxygen atoms in total. The normalized spacial score (nSPS) is 18.1. The van der Waals surface area contributed by atoms with Gasteiger partial charge in [0.2, 0.25) is 0 Å². The Balaban J connectivity index is 1.81. The Labute approximate surface area is 128 Å². The molecule has 21 heavy (non-hydrogen) atoms. The first-order valence-corrected chi connectivity index (χ1v) is 8.18. The molecule has 0 amide bonds. The van der Waals surface area contributed by atoms with E-state index in [-0.39, 0.29) is 0 Å². The molecule has 2 aromatic rings. The van der Waals surface area contributed by atoms with Crippen LogP contribution >= 0.6 is 0 Å². The van der Waals surface area contributed by atoms with Gasteiger partial charge in [-0.05, 0) is 60.0 Å². The number of nitrogens with one attached hydrogen (secondary N) is 1. The first-order valence-electron chi connectivity index (χ1n) is 8.18. The first kappa shape index (κ1) is 14.3. The van der Waals surface area contributed by atoms with Crippen LogP contribution in [-0.2, 0) is 6.42 Å². The van der Waals surface area contributed by atoms with Crippen molar-refractivity contribution in [3.8, 4) is 11.1 Å². The van der Waals surface area contributed by atoms with Gasteiger partial charge in [0.15, 0.2) is 0 Å². The van der Waals surface area contributed by atoms with Crippen LogP contribution in [0.4, 0.5) is 0 Å². The van der Waals surface area contributed by atoms with E-state index in [9.17, 15) is 0 Å². The molecule has 1 heteroatoms. The van der Waals surface area contributed by atoms with Gasteiger partial charge in [-0.3, -0.25) is 0 Å². The van der Waals surface area contributed by atoms with E-state index in [4.69, 9.17) is 0 Å². The Morgan fingerprint density at radius 3 is 2.43 bits per heavy atom. The van der Waals surface area contributed by atoms with Crippen LogP contribution in [0.25, 0.3) is 11.1 Å². The van der Waals surface area contributed by atoms with Gasteiger partial charge in [0.05, 0.1) is 0 Å². The lowest BCUT2D eigenvalue weighted by atomic mass is 9.94. The fourth-order valence-electron chi connectivity index (χ4n) is 3.31. The summed E-state index contributed by atoms with van der Waals surface area (Å²) < 4.78 is 0. The highest BCUT2D eigenvalue weighted by atomic mass is 14.9. The molecule has 0 saturated carbocycles. The third-order valence-corrected chi connectivity index (χ3v) is 4.64. The molecule has 0 spiro atoms. The molecule has 1 atom stereocenters. The van der Waals surface area contributed by atoms with Gasteiger partial charge < -0.3 is 5.32 Å². The largest absolute Gasteiger partial charge is 0.316 e. The number of aryl methyl sites for hydroxylation is 2. The summed E-state index contributed by atoms with van der Waals surface area (Å²) in [6, 6.07) is 16.1. The number of benzene rings is 2. The van der Waals surface area contributed by atoms with Crippen LogP contribution in [-0.4, -0.2) is 13.1 Å². The number of hydrogen-bond donors (Lipinski definition) is 1. The van der Waals surface area contributed by atoms with Crippen molar-refractivity contribution in [2.45, 2.75) is 39.0 Å². The molecule has 1 aliphatic rings. The number of hydrogen-bond acceptors (Lipinski definition) is 1. The third-order valence-electron chi connectivity index (χ3n) is 4.64. The van der Waals surface area contributed by atoms with E-state index in [0.717, 1.165) is 13.1 Å². The Bertz CT molecular complexity index is 592. The molecule has 0 aromatic heterocycles. The highest BCUT2D eigenvalue weighted by molar-refractivity contribution is 5.65. The van der Waals surface area contributed by atoms with Crippen LogP contribution in [0.2, 0.25) is 0 Å². The van der Waals surface area contributed by atoms with Crippen LogP contribution in [0.5, 0.6) is 0 Å². The molecule has 1 unspecified atom stereocenters. The Morgan fingerprint density at radius 2 is 1.81 bits per heavy atom. The smallest absolute Gasteiger partial charge is 0.00206 e. The van der Waals surface area contributed by atoms with Gasteiger partial charge in [-0.15, -0.1) is 0 Å². The highest BCUT2D eigenvalue weighted by Crippen LogP contribution is 2.27. The van der Waals surface area contributed by atoms with Crippen LogP contribution in [0.15, 0.2) is 42.5 Å². The molecular formula is C20H25N. The third kappa shape index (κ3) is 3.19.